The minimum atomic E-state index is 0.794. The maximum absolute atomic E-state index is 5.79. The summed E-state index contributed by atoms with van der Waals surface area (Å²) in [6.07, 6.45) is 5.40. The summed E-state index contributed by atoms with van der Waals surface area (Å²) in [6, 6.07) is 1.59. The summed E-state index contributed by atoms with van der Waals surface area (Å²) < 4.78 is 0. The number of hydrogen-bond donors (Lipinski definition) is 2. The van der Waals surface area contributed by atoms with Crippen molar-refractivity contribution >= 4 is 0 Å². The highest BCUT2D eigenvalue weighted by Gasteiger charge is 2.39. The van der Waals surface area contributed by atoms with E-state index in [0.717, 1.165) is 30.5 Å². The first-order valence-electron chi connectivity index (χ1n) is 5.31. The lowest BCUT2D eigenvalue weighted by Crippen LogP contribution is -2.47. The van der Waals surface area contributed by atoms with Crippen molar-refractivity contribution in [2.24, 2.45) is 17.6 Å². The molecule has 2 aliphatic heterocycles. The van der Waals surface area contributed by atoms with E-state index in [1.807, 2.05) is 0 Å². The van der Waals surface area contributed by atoms with E-state index in [-0.39, 0.29) is 0 Å². The maximum atomic E-state index is 5.79. The Balaban J connectivity index is 2.06. The van der Waals surface area contributed by atoms with Crippen LogP contribution < -0.4 is 11.1 Å². The van der Waals surface area contributed by atoms with Gasteiger partial charge in [0.2, 0.25) is 0 Å². The van der Waals surface area contributed by atoms with Crippen LogP contribution in [0.4, 0.5) is 0 Å². The minimum absolute atomic E-state index is 0.794. The molecule has 0 spiro atoms. The number of rotatable bonds is 2. The number of piperidine rings is 1. The Hall–Kier alpha value is -0.0800. The molecule has 2 saturated heterocycles. The van der Waals surface area contributed by atoms with Gasteiger partial charge in [0, 0.05) is 12.1 Å². The Morgan fingerprint density at radius 1 is 1.42 bits per heavy atom. The second kappa shape index (κ2) is 3.35. The van der Waals surface area contributed by atoms with E-state index >= 15 is 0 Å². The fraction of sp³-hybridized carbons (Fsp3) is 1.00. The molecule has 0 aromatic carbocycles. The van der Waals surface area contributed by atoms with Crippen LogP contribution in [-0.2, 0) is 0 Å². The van der Waals surface area contributed by atoms with Crippen LogP contribution in [0.5, 0.6) is 0 Å². The lowest BCUT2D eigenvalue weighted by Gasteiger charge is -2.36. The van der Waals surface area contributed by atoms with Crippen LogP contribution in [0.1, 0.15) is 32.6 Å². The number of nitrogens with one attached hydrogen (secondary N) is 1. The molecule has 2 bridgehead atoms. The van der Waals surface area contributed by atoms with E-state index in [2.05, 4.69) is 12.2 Å². The molecular formula is C10H20N2. The monoisotopic (exact) mass is 168 g/mol. The highest BCUT2D eigenvalue weighted by atomic mass is 15.0. The van der Waals surface area contributed by atoms with Gasteiger partial charge in [-0.3, -0.25) is 0 Å². The molecule has 4 atom stereocenters. The van der Waals surface area contributed by atoms with E-state index in [9.17, 15) is 0 Å². The molecule has 2 fully saturated rings. The summed E-state index contributed by atoms with van der Waals surface area (Å²) in [6.45, 7) is 3.20. The number of hydrogen-bond acceptors (Lipinski definition) is 2. The van der Waals surface area contributed by atoms with Crippen molar-refractivity contribution in [3.05, 3.63) is 0 Å². The third-order valence-electron chi connectivity index (χ3n) is 3.76. The highest BCUT2D eigenvalue weighted by molar-refractivity contribution is 4.97. The Kier molecular flexibility index (Phi) is 2.37. The summed E-state index contributed by atoms with van der Waals surface area (Å²) in [5, 5.41) is 3.70. The lowest BCUT2D eigenvalue weighted by atomic mass is 9.80. The van der Waals surface area contributed by atoms with Crippen molar-refractivity contribution in [2.45, 2.75) is 44.7 Å². The van der Waals surface area contributed by atoms with Crippen LogP contribution >= 0.6 is 0 Å². The number of fused-ring (bicyclic) bond motifs is 2. The molecule has 2 rings (SSSR count). The Morgan fingerprint density at radius 3 is 2.92 bits per heavy atom. The Morgan fingerprint density at radius 2 is 2.25 bits per heavy atom. The van der Waals surface area contributed by atoms with Gasteiger partial charge >= 0.3 is 0 Å². The predicted molar refractivity (Wildman–Crippen MR) is 50.9 cm³/mol. The van der Waals surface area contributed by atoms with E-state index in [1.165, 1.54) is 25.7 Å². The molecule has 0 amide bonds. The fourth-order valence-corrected chi connectivity index (χ4v) is 3.13. The first-order chi connectivity index (χ1) is 5.85. The zero-order chi connectivity index (χ0) is 8.55. The van der Waals surface area contributed by atoms with Gasteiger partial charge in [-0.1, -0.05) is 13.3 Å². The average Bonchev–Trinajstić information content (AvgIpc) is 2.48. The minimum Gasteiger partial charge on any atom is -0.330 e. The first-order valence-corrected chi connectivity index (χ1v) is 5.31. The van der Waals surface area contributed by atoms with Crippen molar-refractivity contribution in [2.75, 3.05) is 6.54 Å². The molecular weight excluding hydrogens is 148 g/mol. The van der Waals surface area contributed by atoms with Crippen LogP contribution in [0.3, 0.4) is 0 Å². The van der Waals surface area contributed by atoms with Crippen LogP contribution in [0.25, 0.3) is 0 Å². The maximum Gasteiger partial charge on any atom is 0.0101 e. The molecule has 4 unspecified atom stereocenters. The molecule has 0 aliphatic carbocycles. The summed E-state index contributed by atoms with van der Waals surface area (Å²) in [7, 11) is 0. The normalized spacial score (nSPS) is 46.5. The Labute approximate surface area is 74.9 Å². The van der Waals surface area contributed by atoms with Crippen molar-refractivity contribution < 1.29 is 0 Å². The molecule has 2 heteroatoms. The van der Waals surface area contributed by atoms with Gasteiger partial charge in [0.15, 0.2) is 0 Å². The third kappa shape index (κ3) is 1.27. The first kappa shape index (κ1) is 8.52. The van der Waals surface area contributed by atoms with Gasteiger partial charge in [-0.05, 0) is 37.6 Å². The van der Waals surface area contributed by atoms with Gasteiger partial charge in [-0.15, -0.1) is 0 Å². The van der Waals surface area contributed by atoms with E-state index in [1.54, 1.807) is 0 Å². The average molecular weight is 168 g/mol. The molecule has 0 aromatic rings. The van der Waals surface area contributed by atoms with Crippen molar-refractivity contribution in [3.63, 3.8) is 0 Å². The molecule has 70 valence electrons. The molecule has 0 saturated carbocycles. The van der Waals surface area contributed by atoms with Crippen LogP contribution in [0, 0.1) is 11.8 Å². The predicted octanol–water partition coefficient (Wildman–Crippen LogP) is 1.11. The van der Waals surface area contributed by atoms with Crippen molar-refractivity contribution in [1.82, 2.24) is 5.32 Å². The van der Waals surface area contributed by atoms with Crippen LogP contribution in [0.2, 0.25) is 0 Å². The summed E-state index contributed by atoms with van der Waals surface area (Å²) in [4.78, 5) is 0. The molecule has 2 nitrogen and oxygen atoms in total. The van der Waals surface area contributed by atoms with E-state index < -0.39 is 0 Å². The van der Waals surface area contributed by atoms with Crippen molar-refractivity contribution in [3.8, 4) is 0 Å². The van der Waals surface area contributed by atoms with Crippen LogP contribution in [0.15, 0.2) is 0 Å². The molecule has 2 heterocycles. The van der Waals surface area contributed by atoms with E-state index in [0.29, 0.717) is 0 Å². The van der Waals surface area contributed by atoms with Gasteiger partial charge in [0.1, 0.15) is 0 Å². The van der Waals surface area contributed by atoms with Gasteiger partial charge in [0.25, 0.3) is 0 Å². The topological polar surface area (TPSA) is 38.0 Å². The van der Waals surface area contributed by atoms with Gasteiger partial charge in [-0.2, -0.15) is 0 Å². The zero-order valence-electron chi connectivity index (χ0n) is 7.92. The van der Waals surface area contributed by atoms with E-state index in [4.69, 9.17) is 5.73 Å². The second-order valence-electron chi connectivity index (χ2n) is 4.35. The molecule has 2 aliphatic rings. The van der Waals surface area contributed by atoms with Gasteiger partial charge in [0.05, 0.1) is 0 Å². The quantitative estimate of drug-likeness (QED) is 0.648. The molecule has 12 heavy (non-hydrogen) atoms. The Bertz CT molecular complexity index is 158. The lowest BCUT2D eigenvalue weighted by molar-refractivity contribution is 0.192. The molecule has 3 N–H and O–H groups in total. The van der Waals surface area contributed by atoms with Crippen LogP contribution in [-0.4, -0.2) is 18.6 Å². The second-order valence-corrected chi connectivity index (χ2v) is 4.35. The molecule has 0 aromatic heterocycles. The largest absolute Gasteiger partial charge is 0.330 e. The summed E-state index contributed by atoms with van der Waals surface area (Å²) >= 11 is 0. The van der Waals surface area contributed by atoms with Gasteiger partial charge in [-0.25, -0.2) is 0 Å². The molecule has 0 radical (unpaired) electrons. The summed E-state index contributed by atoms with van der Waals surface area (Å²) in [5.41, 5.74) is 5.79. The third-order valence-corrected chi connectivity index (χ3v) is 3.76. The zero-order valence-corrected chi connectivity index (χ0v) is 7.92. The van der Waals surface area contributed by atoms with Crippen molar-refractivity contribution in [1.29, 1.82) is 0 Å². The SMILES string of the molecule is CCC1C(CN)CC2CCC1N2. The fourth-order valence-electron chi connectivity index (χ4n) is 3.13. The number of nitrogens with two attached hydrogens (primary N) is 1. The van der Waals surface area contributed by atoms with Gasteiger partial charge < -0.3 is 11.1 Å². The summed E-state index contributed by atoms with van der Waals surface area (Å²) in [5.74, 6) is 1.66. The standard InChI is InChI=1S/C10H20N2/c1-2-9-7(6-11)5-8-3-4-10(9)12-8/h7-10,12H,2-6,11H2,1H3. The highest BCUT2D eigenvalue weighted by Crippen LogP contribution is 2.36. The smallest absolute Gasteiger partial charge is 0.0101 e.